The topological polar surface area (TPSA) is 17.8 Å². The Hall–Kier alpha value is -4.17. The normalized spacial score (nSPS) is 11.5. The number of nitrogens with zero attached hydrogens (tertiary/aromatic N) is 2. The Bertz CT molecular complexity index is 1800. The van der Waals surface area contributed by atoms with Gasteiger partial charge in [-0.1, -0.05) is 78.9 Å². The van der Waals surface area contributed by atoms with Crippen LogP contribution < -0.4 is 0 Å². The van der Waals surface area contributed by atoms with Crippen LogP contribution in [0.3, 0.4) is 0 Å². The lowest BCUT2D eigenvalue weighted by molar-refractivity contribution is 0.886. The molecule has 0 aliphatic carbocycles. The van der Waals surface area contributed by atoms with Crippen LogP contribution in [-0.4, -0.2) is 9.55 Å². The number of aromatic nitrogens is 2. The molecule has 1 aromatic heterocycles. The van der Waals surface area contributed by atoms with Crippen LogP contribution in [-0.2, 0) is 7.05 Å². The molecule has 0 bridgehead atoms. The van der Waals surface area contributed by atoms with E-state index in [9.17, 15) is 0 Å². The fourth-order valence-electron chi connectivity index (χ4n) is 5.39. The first-order valence-corrected chi connectivity index (χ1v) is 11.7. The maximum Gasteiger partial charge on any atom is 0.106 e. The fourth-order valence-corrected chi connectivity index (χ4v) is 5.39. The van der Waals surface area contributed by atoms with E-state index in [-0.39, 0.29) is 0 Å². The summed E-state index contributed by atoms with van der Waals surface area (Å²) in [6.45, 7) is 7.31. The molecular formula is C32H26N2. The summed E-state index contributed by atoms with van der Waals surface area (Å²) < 4.78 is 2.15. The van der Waals surface area contributed by atoms with Crippen molar-refractivity contribution in [2.75, 3.05) is 0 Å². The van der Waals surface area contributed by atoms with Crippen LogP contribution in [0, 0.1) is 6.92 Å². The number of rotatable bonds is 1. The third-order valence-electron chi connectivity index (χ3n) is 6.94. The first-order chi connectivity index (χ1) is 16.6. The van der Waals surface area contributed by atoms with Crippen LogP contribution in [0.1, 0.15) is 12.7 Å². The van der Waals surface area contributed by atoms with Gasteiger partial charge in [-0.2, -0.15) is 0 Å². The van der Waals surface area contributed by atoms with E-state index < -0.39 is 0 Å². The average molecular weight is 439 g/mol. The number of fused-ring (bicyclic) bond motifs is 3. The highest BCUT2D eigenvalue weighted by Gasteiger charge is 2.15. The maximum atomic E-state index is 4.76. The molecule has 2 heteroatoms. The summed E-state index contributed by atoms with van der Waals surface area (Å²) in [5.74, 6) is 1.04. The Balaban J connectivity index is 0.000000691. The van der Waals surface area contributed by atoms with E-state index in [4.69, 9.17) is 4.98 Å². The second-order valence-corrected chi connectivity index (χ2v) is 8.93. The minimum Gasteiger partial charge on any atom is -0.331 e. The standard InChI is InChI=1S/C29H20N2.C3H6/c1-17-30-26-16-19(12-15-27(26)31(17)2)20-13-14-25-23-9-4-7-18-6-3-8-22(28(18)23)24-11-5-10-21(20)29(24)25;1-3-2/h3-16H,1-2H3;3H,1H2,2H3. The molecule has 7 rings (SSSR count). The quantitative estimate of drug-likeness (QED) is 0.142. The Morgan fingerprint density at radius 2 is 1.32 bits per heavy atom. The van der Waals surface area contributed by atoms with E-state index in [1.54, 1.807) is 6.08 Å². The van der Waals surface area contributed by atoms with Crippen molar-refractivity contribution in [3.63, 3.8) is 0 Å². The molecule has 0 saturated heterocycles. The average Bonchev–Trinajstić information content (AvgIpc) is 3.15. The molecule has 2 nitrogen and oxygen atoms in total. The third kappa shape index (κ3) is 2.85. The molecule has 0 aliphatic heterocycles. The first-order valence-electron chi connectivity index (χ1n) is 11.7. The number of hydrogen-bond acceptors (Lipinski definition) is 1. The van der Waals surface area contributed by atoms with Crippen molar-refractivity contribution in [1.82, 2.24) is 9.55 Å². The van der Waals surface area contributed by atoms with Gasteiger partial charge < -0.3 is 4.57 Å². The first kappa shape index (κ1) is 20.4. The SMILES string of the molecule is C=CC.Cc1nc2cc(-c3ccc4c5cccc6cccc(c7cccc3c74)c65)ccc2n1C. The van der Waals surface area contributed by atoms with E-state index in [1.807, 2.05) is 6.92 Å². The van der Waals surface area contributed by atoms with Gasteiger partial charge in [-0.25, -0.2) is 4.98 Å². The molecule has 0 aliphatic rings. The van der Waals surface area contributed by atoms with Gasteiger partial charge in [0.05, 0.1) is 11.0 Å². The highest BCUT2D eigenvalue weighted by Crippen LogP contribution is 2.43. The van der Waals surface area contributed by atoms with Gasteiger partial charge in [0.2, 0.25) is 0 Å². The molecule has 0 atom stereocenters. The summed E-state index contributed by atoms with van der Waals surface area (Å²) >= 11 is 0. The second kappa shape index (κ2) is 7.71. The molecule has 34 heavy (non-hydrogen) atoms. The molecule has 1 heterocycles. The molecule has 0 amide bonds. The number of imidazole rings is 1. The smallest absolute Gasteiger partial charge is 0.106 e. The number of hydrogen-bond donors (Lipinski definition) is 0. The van der Waals surface area contributed by atoms with Gasteiger partial charge in [0.1, 0.15) is 5.82 Å². The van der Waals surface area contributed by atoms with E-state index in [1.165, 1.54) is 59.7 Å². The molecule has 0 fully saturated rings. The van der Waals surface area contributed by atoms with Crippen molar-refractivity contribution >= 4 is 54.1 Å². The largest absolute Gasteiger partial charge is 0.331 e. The van der Waals surface area contributed by atoms with E-state index in [0.717, 1.165) is 11.3 Å². The Morgan fingerprint density at radius 3 is 2.03 bits per heavy atom. The summed E-state index contributed by atoms with van der Waals surface area (Å²) in [7, 11) is 2.07. The zero-order chi connectivity index (χ0) is 23.4. The van der Waals surface area contributed by atoms with Crippen molar-refractivity contribution in [3.05, 3.63) is 103 Å². The van der Waals surface area contributed by atoms with Crippen LogP contribution in [0.5, 0.6) is 0 Å². The number of benzene rings is 6. The molecule has 0 unspecified atom stereocenters. The molecule has 7 aromatic rings. The number of allylic oxidation sites excluding steroid dienone is 1. The summed E-state index contributed by atoms with van der Waals surface area (Å²) in [4.78, 5) is 4.76. The Labute approximate surface area is 199 Å². The lowest BCUT2D eigenvalue weighted by atomic mass is 9.87. The fraction of sp³-hybridized carbons (Fsp3) is 0.0938. The minimum atomic E-state index is 1.04. The van der Waals surface area contributed by atoms with Crippen molar-refractivity contribution < 1.29 is 0 Å². The van der Waals surface area contributed by atoms with Crippen LogP contribution in [0.2, 0.25) is 0 Å². The summed E-state index contributed by atoms with van der Waals surface area (Å²) in [5, 5.41) is 10.6. The van der Waals surface area contributed by atoms with Crippen molar-refractivity contribution in [1.29, 1.82) is 0 Å². The van der Waals surface area contributed by atoms with Gasteiger partial charge in [0.15, 0.2) is 0 Å². The molecule has 164 valence electrons. The van der Waals surface area contributed by atoms with Crippen molar-refractivity contribution in [2.24, 2.45) is 7.05 Å². The maximum absolute atomic E-state index is 4.76. The Morgan fingerprint density at radius 1 is 0.735 bits per heavy atom. The van der Waals surface area contributed by atoms with Gasteiger partial charge in [-0.3, -0.25) is 0 Å². The lowest BCUT2D eigenvalue weighted by Gasteiger charge is -2.16. The molecular weight excluding hydrogens is 412 g/mol. The zero-order valence-electron chi connectivity index (χ0n) is 19.8. The predicted octanol–water partition coefficient (Wildman–Crippen LogP) is 8.79. The van der Waals surface area contributed by atoms with Gasteiger partial charge in [-0.05, 0) is 80.2 Å². The van der Waals surface area contributed by atoms with Gasteiger partial charge >= 0.3 is 0 Å². The second-order valence-electron chi connectivity index (χ2n) is 8.93. The number of aryl methyl sites for hydroxylation is 2. The van der Waals surface area contributed by atoms with E-state index >= 15 is 0 Å². The summed E-state index contributed by atoms with van der Waals surface area (Å²) in [5.41, 5.74) is 4.70. The van der Waals surface area contributed by atoms with Crippen molar-refractivity contribution in [3.8, 4) is 11.1 Å². The molecule has 0 saturated carbocycles. The molecule has 6 aromatic carbocycles. The lowest BCUT2D eigenvalue weighted by Crippen LogP contribution is -1.90. The highest BCUT2D eigenvalue weighted by molar-refractivity contribution is 6.34. The van der Waals surface area contributed by atoms with E-state index in [2.05, 4.69) is 110 Å². The predicted molar refractivity (Wildman–Crippen MR) is 148 cm³/mol. The monoisotopic (exact) mass is 438 g/mol. The summed E-state index contributed by atoms with van der Waals surface area (Å²) in [6.07, 6.45) is 1.75. The van der Waals surface area contributed by atoms with Crippen LogP contribution >= 0.6 is 0 Å². The Kier molecular flexibility index (Phi) is 4.63. The van der Waals surface area contributed by atoms with Gasteiger partial charge in [-0.15, -0.1) is 6.58 Å². The van der Waals surface area contributed by atoms with Crippen LogP contribution in [0.4, 0.5) is 0 Å². The molecule has 0 N–H and O–H groups in total. The van der Waals surface area contributed by atoms with Gasteiger partial charge in [0.25, 0.3) is 0 Å². The highest BCUT2D eigenvalue weighted by atomic mass is 15.0. The van der Waals surface area contributed by atoms with Crippen molar-refractivity contribution in [2.45, 2.75) is 13.8 Å². The van der Waals surface area contributed by atoms with Crippen LogP contribution in [0.25, 0.3) is 65.3 Å². The third-order valence-corrected chi connectivity index (χ3v) is 6.94. The molecule has 0 radical (unpaired) electrons. The molecule has 0 spiro atoms. The summed E-state index contributed by atoms with van der Waals surface area (Å²) in [6, 6.07) is 31.3. The minimum absolute atomic E-state index is 1.04. The zero-order valence-corrected chi connectivity index (χ0v) is 19.8. The van der Waals surface area contributed by atoms with Gasteiger partial charge in [0, 0.05) is 7.05 Å². The van der Waals surface area contributed by atoms with Crippen LogP contribution in [0.15, 0.2) is 97.6 Å². The van der Waals surface area contributed by atoms with E-state index in [0.29, 0.717) is 0 Å².